The summed E-state index contributed by atoms with van der Waals surface area (Å²) in [5.74, 6) is 0. The molecule has 0 heterocycles. The molecule has 7 heteroatoms. The average molecular weight is 520 g/mol. The molecular formula is C24H50FeO4P2+2. The molecule has 0 amide bonds. The summed E-state index contributed by atoms with van der Waals surface area (Å²) in [4.78, 5) is 20.5. The molecular weight excluding hydrogens is 470 g/mol. The third-order valence-corrected chi connectivity index (χ3v) is 6.75. The SMILES string of the molecule is CCCCCCCCCCCC[P+](=O)[O-].CCCCCCCCCCCC[P+](=O)[O-].[Fe+2]. The van der Waals surface area contributed by atoms with E-state index in [1.165, 1.54) is 103 Å². The Morgan fingerprint density at radius 2 is 0.613 bits per heavy atom. The largest absolute Gasteiger partial charge is 2.00 e. The zero-order chi connectivity index (χ0) is 22.7. The van der Waals surface area contributed by atoms with Crippen LogP contribution in [0, 0.1) is 0 Å². The van der Waals surface area contributed by atoms with Crippen LogP contribution >= 0.6 is 16.1 Å². The molecule has 0 radical (unpaired) electrons. The molecule has 2 unspecified atom stereocenters. The van der Waals surface area contributed by atoms with Crippen LogP contribution in [0.2, 0.25) is 0 Å². The Balaban J connectivity index is -0.000000490. The van der Waals surface area contributed by atoms with E-state index in [9.17, 15) is 18.9 Å². The van der Waals surface area contributed by atoms with Gasteiger partial charge >= 0.3 is 33.1 Å². The maximum atomic E-state index is 10.3. The maximum Gasteiger partial charge on any atom is 2.00 e. The zero-order valence-electron chi connectivity index (χ0n) is 20.4. The molecule has 0 aliphatic rings. The standard InChI is InChI=1S/2C12H25O2P.Fe/c2*1-2-3-4-5-6-7-8-9-10-11-12-15(13)14;/h2*2-12H2,1H3;/q;;+2. The van der Waals surface area contributed by atoms with Crippen molar-refractivity contribution in [3.63, 3.8) is 0 Å². The number of unbranched alkanes of at least 4 members (excludes halogenated alkanes) is 18. The van der Waals surface area contributed by atoms with Gasteiger partial charge in [0.05, 0.1) is 0 Å². The van der Waals surface area contributed by atoms with Gasteiger partial charge in [-0.25, -0.2) is 0 Å². The van der Waals surface area contributed by atoms with E-state index in [-0.39, 0.29) is 17.1 Å². The van der Waals surface area contributed by atoms with Crippen LogP contribution in [-0.2, 0) is 26.2 Å². The predicted octanol–water partition coefficient (Wildman–Crippen LogP) is 8.02. The summed E-state index contributed by atoms with van der Waals surface area (Å²) in [5.41, 5.74) is 0. The monoisotopic (exact) mass is 520 g/mol. The van der Waals surface area contributed by atoms with Crippen molar-refractivity contribution in [1.82, 2.24) is 0 Å². The molecule has 0 spiro atoms. The Labute approximate surface area is 206 Å². The van der Waals surface area contributed by atoms with Crippen molar-refractivity contribution in [2.24, 2.45) is 0 Å². The van der Waals surface area contributed by atoms with E-state index in [1.54, 1.807) is 0 Å². The second-order valence-electron chi connectivity index (χ2n) is 8.48. The smallest absolute Gasteiger partial charge is 0.596 e. The average Bonchev–Trinajstić information content (AvgIpc) is 2.71. The van der Waals surface area contributed by atoms with Crippen LogP contribution < -0.4 is 9.79 Å². The van der Waals surface area contributed by atoms with E-state index in [0.717, 1.165) is 25.7 Å². The van der Waals surface area contributed by atoms with Gasteiger partial charge in [0.15, 0.2) is 0 Å². The summed E-state index contributed by atoms with van der Waals surface area (Å²) in [7, 11) is -4.27. The van der Waals surface area contributed by atoms with E-state index < -0.39 is 16.1 Å². The summed E-state index contributed by atoms with van der Waals surface area (Å²) < 4.78 is 20.5. The van der Waals surface area contributed by atoms with Crippen molar-refractivity contribution in [3.05, 3.63) is 0 Å². The molecule has 0 aliphatic heterocycles. The summed E-state index contributed by atoms with van der Waals surface area (Å²) in [6.07, 6.45) is 25.9. The third-order valence-electron chi connectivity index (χ3n) is 5.39. The first-order chi connectivity index (χ1) is 14.5. The Hall–Kier alpha value is 0.639. The van der Waals surface area contributed by atoms with Gasteiger partial charge in [-0.1, -0.05) is 126 Å². The molecule has 186 valence electrons. The van der Waals surface area contributed by atoms with E-state index in [4.69, 9.17) is 0 Å². The van der Waals surface area contributed by atoms with Crippen LogP contribution in [0.3, 0.4) is 0 Å². The fourth-order valence-corrected chi connectivity index (χ4v) is 4.42. The van der Waals surface area contributed by atoms with Gasteiger partial charge in [0.1, 0.15) is 12.3 Å². The number of hydrogen-bond donors (Lipinski definition) is 0. The molecule has 0 rings (SSSR count). The number of hydrogen-bond acceptors (Lipinski definition) is 4. The van der Waals surface area contributed by atoms with Crippen LogP contribution in [-0.4, -0.2) is 12.3 Å². The van der Waals surface area contributed by atoms with Crippen molar-refractivity contribution >= 4 is 16.1 Å². The molecule has 0 saturated heterocycles. The molecule has 2 atom stereocenters. The molecule has 0 bridgehead atoms. The Kier molecular flexibility index (Phi) is 38.3. The molecule has 0 aliphatic carbocycles. The van der Waals surface area contributed by atoms with Crippen LogP contribution in [0.1, 0.15) is 142 Å². The van der Waals surface area contributed by atoms with E-state index in [2.05, 4.69) is 13.8 Å². The molecule has 0 saturated carbocycles. The quantitative estimate of drug-likeness (QED) is 0.0823. The topological polar surface area (TPSA) is 80.3 Å². The summed E-state index contributed by atoms with van der Waals surface area (Å²) in [5, 5.41) is 0. The second-order valence-corrected chi connectivity index (χ2v) is 10.7. The zero-order valence-corrected chi connectivity index (χ0v) is 23.3. The van der Waals surface area contributed by atoms with Crippen LogP contribution in [0.4, 0.5) is 0 Å². The fourth-order valence-electron chi connectivity index (χ4n) is 3.46. The first kappa shape index (κ1) is 36.2. The van der Waals surface area contributed by atoms with E-state index in [0.29, 0.717) is 12.3 Å². The maximum absolute atomic E-state index is 10.3. The fraction of sp³-hybridized carbons (Fsp3) is 1.00. The van der Waals surface area contributed by atoms with E-state index in [1.807, 2.05) is 0 Å². The molecule has 0 fully saturated rings. The summed E-state index contributed by atoms with van der Waals surface area (Å²) in [6.45, 7) is 4.47. The molecule has 4 nitrogen and oxygen atoms in total. The van der Waals surface area contributed by atoms with Gasteiger partial charge in [-0.2, -0.15) is 0 Å². The summed E-state index contributed by atoms with van der Waals surface area (Å²) in [6, 6.07) is 0. The predicted molar refractivity (Wildman–Crippen MR) is 129 cm³/mol. The van der Waals surface area contributed by atoms with Crippen LogP contribution in [0.25, 0.3) is 0 Å². The third kappa shape index (κ3) is 41.4. The van der Waals surface area contributed by atoms with Gasteiger partial charge in [-0.15, -0.1) is 0 Å². The molecule has 0 aromatic rings. The van der Waals surface area contributed by atoms with E-state index >= 15 is 0 Å². The first-order valence-corrected chi connectivity index (χ1v) is 15.5. The van der Waals surface area contributed by atoms with Gasteiger partial charge in [0.25, 0.3) is 0 Å². The van der Waals surface area contributed by atoms with Gasteiger partial charge in [0, 0.05) is 0 Å². The number of rotatable bonds is 22. The van der Waals surface area contributed by atoms with Crippen LogP contribution in [0.15, 0.2) is 0 Å². The minimum atomic E-state index is -2.14. The molecule has 0 aromatic heterocycles. The van der Waals surface area contributed by atoms with Gasteiger partial charge in [0.2, 0.25) is 0 Å². The van der Waals surface area contributed by atoms with Crippen molar-refractivity contribution < 1.29 is 36.0 Å². The normalized spacial score (nSPS) is 11.4. The van der Waals surface area contributed by atoms with Crippen molar-refractivity contribution in [3.8, 4) is 0 Å². The Morgan fingerprint density at radius 1 is 0.419 bits per heavy atom. The minimum absolute atomic E-state index is 0. The second kappa shape index (κ2) is 32.8. The van der Waals surface area contributed by atoms with Gasteiger partial charge < -0.3 is 9.79 Å². The minimum Gasteiger partial charge on any atom is -0.596 e. The first-order valence-electron chi connectivity index (χ1n) is 12.8. The molecule has 31 heavy (non-hydrogen) atoms. The van der Waals surface area contributed by atoms with Crippen molar-refractivity contribution in [2.45, 2.75) is 142 Å². The molecule has 0 aromatic carbocycles. The summed E-state index contributed by atoms with van der Waals surface area (Å²) >= 11 is 0. The van der Waals surface area contributed by atoms with Crippen LogP contribution in [0.5, 0.6) is 0 Å². The Morgan fingerprint density at radius 3 is 0.806 bits per heavy atom. The van der Waals surface area contributed by atoms with Crippen molar-refractivity contribution in [2.75, 3.05) is 12.3 Å². The molecule has 0 N–H and O–H groups in total. The van der Waals surface area contributed by atoms with Gasteiger partial charge in [-0.3, -0.25) is 0 Å². The van der Waals surface area contributed by atoms with Crippen molar-refractivity contribution in [1.29, 1.82) is 0 Å². The Bertz CT molecular complexity index is 337. The van der Waals surface area contributed by atoms with Gasteiger partial charge in [-0.05, 0) is 25.7 Å².